The number of rotatable bonds is 5. The molecular formula is C52H42N2. The number of allylic oxidation sites excluding steroid dienone is 4. The van der Waals surface area contributed by atoms with Gasteiger partial charge in [0.1, 0.15) is 0 Å². The van der Waals surface area contributed by atoms with Crippen LogP contribution < -0.4 is 0 Å². The molecule has 3 aliphatic rings. The predicted molar refractivity (Wildman–Crippen MR) is 225 cm³/mol. The Bertz CT molecular complexity index is 2670. The van der Waals surface area contributed by atoms with Crippen LogP contribution in [0, 0.1) is 0 Å². The molecule has 0 spiro atoms. The second kappa shape index (κ2) is 12.2. The zero-order chi connectivity index (χ0) is 36.6. The van der Waals surface area contributed by atoms with Crippen LogP contribution in [0.1, 0.15) is 68.4 Å². The van der Waals surface area contributed by atoms with Crippen LogP contribution in [0.4, 0.5) is 0 Å². The highest BCUT2D eigenvalue weighted by atomic mass is 14.9. The Morgan fingerprint density at radius 1 is 0.426 bits per heavy atom. The highest BCUT2D eigenvalue weighted by molar-refractivity contribution is 5.91. The zero-order valence-electron chi connectivity index (χ0n) is 31.3. The fourth-order valence-corrected chi connectivity index (χ4v) is 9.12. The van der Waals surface area contributed by atoms with Gasteiger partial charge in [-0.3, -0.25) is 0 Å². The van der Waals surface area contributed by atoms with Crippen LogP contribution in [0.5, 0.6) is 0 Å². The molecule has 10 rings (SSSR count). The third-order valence-corrected chi connectivity index (χ3v) is 12.2. The Labute approximate surface area is 318 Å². The summed E-state index contributed by atoms with van der Waals surface area (Å²) in [5.41, 5.74) is 21.1. The minimum absolute atomic E-state index is 0.0312. The molecule has 1 aromatic heterocycles. The number of benzene rings is 6. The molecule has 0 radical (unpaired) electrons. The molecule has 0 aliphatic heterocycles. The van der Waals surface area contributed by atoms with Gasteiger partial charge in [-0.2, -0.15) is 0 Å². The monoisotopic (exact) mass is 694 g/mol. The first-order chi connectivity index (χ1) is 26.3. The number of nitrogens with zero attached hydrogens (tertiary/aromatic N) is 2. The lowest BCUT2D eigenvalue weighted by Gasteiger charge is -2.24. The predicted octanol–water partition coefficient (Wildman–Crippen LogP) is 13.5. The van der Waals surface area contributed by atoms with Gasteiger partial charge in [0.15, 0.2) is 5.82 Å². The van der Waals surface area contributed by atoms with Crippen LogP contribution in [0.15, 0.2) is 158 Å². The van der Waals surface area contributed by atoms with Gasteiger partial charge in [-0.15, -0.1) is 0 Å². The van der Waals surface area contributed by atoms with Gasteiger partial charge in [-0.25, -0.2) is 9.97 Å². The normalized spacial score (nSPS) is 15.6. The van der Waals surface area contributed by atoms with Crippen molar-refractivity contribution >= 4 is 5.57 Å². The molecule has 0 amide bonds. The summed E-state index contributed by atoms with van der Waals surface area (Å²) in [5.74, 6) is 0.731. The molecule has 1 heterocycles. The molecule has 260 valence electrons. The van der Waals surface area contributed by atoms with E-state index in [4.69, 9.17) is 9.97 Å². The highest BCUT2D eigenvalue weighted by Crippen LogP contribution is 2.56. The first-order valence-electron chi connectivity index (χ1n) is 19.2. The number of fused-ring (bicyclic) bond motifs is 6. The third kappa shape index (κ3) is 5.16. The van der Waals surface area contributed by atoms with E-state index in [2.05, 4.69) is 167 Å². The van der Waals surface area contributed by atoms with E-state index in [1.165, 1.54) is 66.8 Å². The maximum atomic E-state index is 5.11. The molecule has 0 bridgehead atoms. The summed E-state index contributed by atoms with van der Waals surface area (Å²) < 4.78 is 0. The summed E-state index contributed by atoms with van der Waals surface area (Å²) in [5, 5.41) is 0. The fourth-order valence-electron chi connectivity index (χ4n) is 9.12. The summed E-state index contributed by atoms with van der Waals surface area (Å²) in [6.45, 7) is 9.50. The van der Waals surface area contributed by atoms with Crippen LogP contribution in [0.25, 0.3) is 72.9 Å². The van der Waals surface area contributed by atoms with Gasteiger partial charge in [0.25, 0.3) is 0 Å². The van der Waals surface area contributed by atoms with Crippen molar-refractivity contribution in [3.8, 4) is 67.3 Å². The molecular weight excluding hydrogens is 653 g/mol. The van der Waals surface area contributed by atoms with Gasteiger partial charge in [-0.05, 0) is 104 Å². The first kappa shape index (κ1) is 32.5. The summed E-state index contributed by atoms with van der Waals surface area (Å²) in [7, 11) is 0. The molecule has 0 fully saturated rings. The van der Waals surface area contributed by atoms with E-state index in [1.54, 1.807) is 0 Å². The van der Waals surface area contributed by atoms with Gasteiger partial charge in [0.05, 0.1) is 11.4 Å². The SMILES string of the molecule is CC1(C)c2ccccc2-c2cc3c(cc21)-c1cc(-c2ccc(-c4cc(-c5ccc(C6=CC=CCC6)cc5)nc(-c5ccccc5)n4)cc2)ccc1C3(C)C. The standard InChI is InChI=1S/C52H42N2/c1-51(2)44-18-12-11-17-40(44)42-30-47-43(31-46(42)51)41-29-39(27-28-45(41)52(47,3)4)35-21-25-37(26-22-35)49-32-48(53-50(54-49)38-15-9-6-10-16-38)36-23-19-34(20-24-36)33-13-7-5-8-14-33/h5-7,9-13,15-32H,8,14H2,1-4H3. The average Bonchev–Trinajstić information content (AvgIpc) is 3.59. The molecule has 54 heavy (non-hydrogen) atoms. The van der Waals surface area contributed by atoms with E-state index in [-0.39, 0.29) is 10.8 Å². The van der Waals surface area contributed by atoms with Crippen molar-refractivity contribution in [1.29, 1.82) is 0 Å². The number of hydrogen-bond donors (Lipinski definition) is 0. The Morgan fingerprint density at radius 3 is 1.61 bits per heavy atom. The van der Waals surface area contributed by atoms with Gasteiger partial charge >= 0.3 is 0 Å². The zero-order valence-corrected chi connectivity index (χ0v) is 31.3. The van der Waals surface area contributed by atoms with Gasteiger partial charge < -0.3 is 0 Å². The van der Waals surface area contributed by atoms with Crippen molar-refractivity contribution in [2.75, 3.05) is 0 Å². The third-order valence-electron chi connectivity index (χ3n) is 12.2. The van der Waals surface area contributed by atoms with Crippen molar-refractivity contribution in [2.45, 2.75) is 51.4 Å². The van der Waals surface area contributed by atoms with Gasteiger partial charge in [0, 0.05) is 27.5 Å². The second-order valence-electron chi connectivity index (χ2n) is 16.1. The van der Waals surface area contributed by atoms with E-state index < -0.39 is 0 Å². The minimum Gasteiger partial charge on any atom is -0.228 e. The maximum Gasteiger partial charge on any atom is 0.160 e. The first-order valence-corrected chi connectivity index (χ1v) is 19.2. The van der Waals surface area contributed by atoms with Crippen LogP contribution in [-0.2, 0) is 10.8 Å². The Kier molecular flexibility index (Phi) is 7.36. The van der Waals surface area contributed by atoms with Crippen molar-refractivity contribution in [3.63, 3.8) is 0 Å². The fraction of sp³-hybridized carbons (Fsp3) is 0.154. The van der Waals surface area contributed by atoms with E-state index in [1.807, 2.05) is 18.2 Å². The van der Waals surface area contributed by atoms with E-state index in [0.717, 1.165) is 46.7 Å². The Hall–Kier alpha value is -6.12. The number of hydrogen-bond acceptors (Lipinski definition) is 2. The Morgan fingerprint density at radius 2 is 0.963 bits per heavy atom. The minimum atomic E-state index is -0.0736. The molecule has 0 atom stereocenters. The van der Waals surface area contributed by atoms with Crippen molar-refractivity contribution < 1.29 is 0 Å². The molecule has 6 aromatic carbocycles. The molecule has 3 aliphatic carbocycles. The molecule has 0 N–H and O–H groups in total. The lowest BCUT2D eigenvalue weighted by atomic mass is 9.79. The summed E-state index contributed by atoms with van der Waals surface area (Å²) in [6.07, 6.45) is 8.79. The van der Waals surface area contributed by atoms with E-state index in [9.17, 15) is 0 Å². The van der Waals surface area contributed by atoms with Crippen molar-refractivity contribution in [3.05, 3.63) is 186 Å². The molecule has 2 nitrogen and oxygen atoms in total. The van der Waals surface area contributed by atoms with Crippen LogP contribution in [0.2, 0.25) is 0 Å². The smallest absolute Gasteiger partial charge is 0.160 e. The average molecular weight is 695 g/mol. The lowest BCUT2D eigenvalue weighted by molar-refractivity contribution is 0.652. The molecule has 7 aromatic rings. The molecule has 0 saturated heterocycles. The Balaban J connectivity index is 1.01. The summed E-state index contributed by atoms with van der Waals surface area (Å²) in [6, 6.07) is 51.2. The van der Waals surface area contributed by atoms with Crippen LogP contribution >= 0.6 is 0 Å². The van der Waals surface area contributed by atoms with Gasteiger partial charge in [0.2, 0.25) is 0 Å². The summed E-state index contributed by atoms with van der Waals surface area (Å²) in [4.78, 5) is 10.2. The van der Waals surface area contributed by atoms with Gasteiger partial charge in [-0.1, -0.05) is 161 Å². The highest BCUT2D eigenvalue weighted by Gasteiger charge is 2.41. The topological polar surface area (TPSA) is 25.8 Å². The number of aromatic nitrogens is 2. The summed E-state index contributed by atoms with van der Waals surface area (Å²) >= 11 is 0. The second-order valence-corrected chi connectivity index (χ2v) is 16.1. The van der Waals surface area contributed by atoms with Crippen molar-refractivity contribution in [1.82, 2.24) is 9.97 Å². The molecule has 0 unspecified atom stereocenters. The van der Waals surface area contributed by atoms with E-state index in [0.29, 0.717) is 0 Å². The van der Waals surface area contributed by atoms with E-state index >= 15 is 0 Å². The van der Waals surface area contributed by atoms with Crippen LogP contribution in [-0.4, -0.2) is 9.97 Å². The van der Waals surface area contributed by atoms with Crippen LogP contribution in [0.3, 0.4) is 0 Å². The van der Waals surface area contributed by atoms with Crippen molar-refractivity contribution in [2.24, 2.45) is 0 Å². The quantitative estimate of drug-likeness (QED) is 0.179. The maximum absolute atomic E-state index is 5.11. The lowest BCUT2D eigenvalue weighted by Crippen LogP contribution is -2.16. The molecule has 2 heteroatoms. The molecule has 0 saturated carbocycles. The largest absolute Gasteiger partial charge is 0.228 e.